The molecule has 0 aliphatic carbocycles. The van der Waals surface area contributed by atoms with Crippen LogP contribution in [0.5, 0.6) is 17.2 Å². The highest BCUT2D eigenvalue weighted by Crippen LogP contribution is 2.44. The summed E-state index contributed by atoms with van der Waals surface area (Å²) in [6.45, 7) is 1.87. The zero-order chi connectivity index (χ0) is 29.2. The summed E-state index contributed by atoms with van der Waals surface area (Å²) >= 11 is 1.72. The highest BCUT2D eigenvalue weighted by atomic mass is 32.2. The van der Waals surface area contributed by atoms with Crippen molar-refractivity contribution in [1.82, 2.24) is 10.4 Å². The second-order valence-corrected chi connectivity index (χ2v) is 10.6. The fraction of sp³-hybridized carbons (Fsp3) is 0.121. The Labute approximate surface area is 247 Å². The third-order valence-electron chi connectivity index (χ3n) is 7.02. The second-order valence-electron chi connectivity index (χ2n) is 9.56. The van der Waals surface area contributed by atoms with Gasteiger partial charge in [0.15, 0.2) is 11.5 Å². The molecule has 0 fully saturated rings. The number of fused-ring (bicyclic) bond motifs is 3. The minimum atomic E-state index is -0.345. The Morgan fingerprint density at radius 1 is 0.833 bits per heavy atom. The van der Waals surface area contributed by atoms with Gasteiger partial charge in [-0.15, -0.1) is 0 Å². The van der Waals surface area contributed by atoms with Gasteiger partial charge in [-0.25, -0.2) is 10.4 Å². The number of rotatable bonds is 7. The van der Waals surface area contributed by atoms with Crippen molar-refractivity contribution in [3.05, 3.63) is 96.1 Å². The molecule has 5 aromatic rings. The number of methoxy groups -OCH3 is 3. The normalized spacial score (nSPS) is 12.1. The molecule has 2 N–H and O–H groups in total. The SMILES string of the molecule is COc1cc(-c2cc(C(=O)NN=C(C)c3ccc4c(c3)Nc3ccccc3S4)c3ccccc3n2)cc(OC)c1OC. The van der Waals surface area contributed by atoms with Crippen LogP contribution in [0, 0.1) is 0 Å². The van der Waals surface area contributed by atoms with Crippen LogP contribution in [0.4, 0.5) is 11.4 Å². The van der Waals surface area contributed by atoms with Crippen molar-refractivity contribution in [3.8, 4) is 28.5 Å². The van der Waals surface area contributed by atoms with Crippen molar-refractivity contribution < 1.29 is 19.0 Å². The van der Waals surface area contributed by atoms with Gasteiger partial charge in [0.25, 0.3) is 5.91 Å². The first-order valence-electron chi connectivity index (χ1n) is 13.2. The molecular formula is C33H28N4O4S. The third-order valence-corrected chi connectivity index (χ3v) is 8.17. The summed E-state index contributed by atoms with van der Waals surface area (Å²) in [6.07, 6.45) is 0. The molecule has 42 heavy (non-hydrogen) atoms. The molecule has 8 nitrogen and oxygen atoms in total. The van der Waals surface area contributed by atoms with Crippen LogP contribution >= 0.6 is 11.8 Å². The molecule has 0 atom stereocenters. The standard InChI is InChI=1S/C33H28N4O4S/c1-19(20-13-14-31-27(15-20)35-25-11-7-8-12-30(25)42-31)36-37-33(38)23-18-26(34-24-10-6-5-9-22(23)24)21-16-28(39-2)32(41-4)29(17-21)40-3/h5-18,35H,1-4H3,(H,37,38). The maximum absolute atomic E-state index is 13.6. The summed E-state index contributed by atoms with van der Waals surface area (Å²) in [4.78, 5) is 20.7. The highest BCUT2D eigenvalue weighted by molar-refractivity contribution is 7.99. The highest BCUT2D eigenvalue weighted by Gasteiger charge is 2.19. The maximum atomic E-state index is 13.6. The summed E-state index contributed by atoms with van der Waals surface area (Å²) in [5.41, 5.74) is 8.83. The fourth-order valence-corrected chi connectivity index (χ4v) is 5.83. The number of amides is 1. The number of aromatic nitrogens is 1. The van der Waals surface area contributed by atoms with E-state index in [9.17, 15) is 4.79 Å². The summed E-state index contributed by atoms with van der Waals surface area (Å²) in [6, 6.07) is 27.2. The van der Waals surface area contributed by atoms with Gasteiger partial charge in [0.1, 0.15) is 0 Å². The van der Waals surface area contributed by atoms with Gasteiger partial charge in [-0.1, -0.05) is 48.2 Å². The molecule has 0 radical (unpaired) electrons. The molecule has 6 rings (SSSR count). The minimum absolute atomic E-state index is 0.345. The van der Waals surface area contributed by atoms with Crippen molar-refractivity contribution in [2.45, 2.75) is 16.7 Å². The predicted molar refractivity (Wildman–Crippen MR) is 167 cm³/mol. The number of benzene rings is 4. The van der Waals surface area contributed by atoms with Gasteiger partial charge < -0.3 is 19.5 Å². The molecule has 0 spiro atoms. The van der Waals surface area contributed by atoms with E-state index in [1.807, 2.05) is 67.6 Å². The molecule has 0 bridgehead atoms. The van der Waals surface area contributed by atoms with Crippen molar-refractivity contribution >= 4 is 45.7 Å². The molecule has 9 heteroatoms. The van der Waals surface area contributed by atoms with Crippen LogP contribution in [-0.4, -0.2) is 37.9 Å². The first-order valence-corrected chi connectivity index (χ1v) is 14.0. The smallest absolute Gasteiger partial charge is 0.272 e. The van der Waals surface area contributed by atoms with E-state index in [0.29, 0.717) is 50.7 Å². The number of pyridine rings is 1. The van der Waals surface area contributed by atoms with Gasteiger partial charge in [-0.05, 0) is 61.0 Å². The van der Waals surface area contributed by atoms with Crippen LogP contribution in [0.2, 0.25) is 0 Å². The van der Waals surface area contributed by atoms with Crippen LogP contribution in [0.1, 0.15) is 22.8 Å². The number of para-hydroxylation sites is 2. The quantitative estimate of drug-likeness (QED) is 0.152. The number of hydrogen-bond donors (Lipinski definition) is 2. The monoisotopic (exact) mass is 576 g/mol. The summed E-state index contributed by atoms with van der Waals surface area (Å²) in [5.74, 6) is 1.12. The van der Waals surface area contributed by atoms with Crippen LogP contribution in [0.25, 0.3) is 22.2 Å². The van der Waals surface area contributed by atoms with E-state index < -0.39 is 0 Å². The number of nitrogens with zero attached hydrogens (tertiary/aromatic N) is 2. The van der Waals surface area contributed by atoms with E-state index in [1.54, 1.807) is 39.2 Å². The molecule has 1 aromatic heterocycles. The average Bonchev–Trinajstić information content (AvgIpc) is 3.04. The number of anilines is 2. The number of ether oxygens (including phenoxy) is 3. The Kier molecular flexibility index (Phi) is 7.41. The van der Waals surface area contributed by atoms with E-state index in [0.717, 1.165) is 21.8 Å². The number of carbonyl (C=O) groups is 1. The molecule has 210 valence electrons. The molecule has 0 unspecified atom stereocenters. The van der Waals surface area contributed by atoms with Gasteiger partial charge in [0.05, 0.1) is 55.2 Å². The summed E-state index contributed by atoms with van der Waals surface area (Å²) in [5, 5.41) is 8.67. The van der Waals surface area contributed by atoms with Gasteiger partial charge in [0, 0.05) is 20.7 Å². The summed E-state index contributed by atoms with van der Waals surface area (Å²) < 4.78 is 16.5. The van der Waals surface area contributed by atoms with E-state index in [1.165, 1.54) is 4.90 Å². The van der Waals surface area contributed by atoms with Gasteiger partial charge in [0.2, 0.25) is 5.75 Å². The van der Waals surface area contributed by atoms with E-state index in [4.69, 9.17) is 19.2 Å². The molecule has 1 amide bonds. The van der Waals surface area contributed by atoms with Gasteiger partial charge in [-0.2, -0.15) is 5.10 Å². The Morgan fingerprint density at radius 2 is 1.55 bits per heavy atom. The van der Waals surface area contributed by atoms with Crippen molar-refractivity contribution in [3.63, 3.8) is 0 Å². The molecule has 2 heterocycles. The lowest BCUT2D eigenvalue weighted by Crippen LogP contribution is -2.20. The third kappa shape index (κ3) is 5.10. The molecule has 1 aliphatic rings. The number of carbonyl (C=O) groups excluding carboxylic acids is 1. The van der Waals surface area contributed by atoms with Gasteiger partial charge >= 0.3 is 0 Å². The first kappa shape index (κ1) is 27.2. The number of hydrazone groups is 1. The Balaban J connectivity index is 1.31. The molecule has 1 aliphatic heterocycles. The second kappa shape index (κ2) is 11.5. The largest absolute Gasteiger partial charge is 0.493 e. The zero-order valence-electron chi connectivity index (χ0n) is 23.5. The van der Waals surface area contributed by atoms with Crippen LogP contribution < -0.4 is 25.0 Å². The van der Waals surface area contributed by atoms with Crippen molar-refractivity contribution in [2.75, 3.05) is 26.6 Å². The number of nitrogens with one attached hydrogen (secondary N) is 2. The van der Waals surface area contributed by atoms with Crippen LogP contribution in [-0.2, 0) is 0 Å². The van der Waals surface area contributed by atoms with E-state index in [-0.39, 0.29) is 5.91 Å². The Hall–Kier alpha value is -5.02. The molecule has 0 saturated carbocycles. The zero-order valence-corrected chi connectivity index (χ0v) is 24.3. The minimum Gasteiger partial charge on any atom is -0.493 e. The van der Waals surface area contributed by atoms with Crippen LogP contribution in [0.15, 0.2) is 99.8 Å². The Morgan fingerprint density at radius 3 is 2.31 bits per heavy atom. The molecular weight excluding hydrogens is 548 g/mol. The Bertz CT molecular complexity index is 1850. The number of hydrogen-bond acceptors (Lipinski definition) is 8. The molecule has 4 aromatic carbocycles. The predicted octanol–water partition coefficient (Wildman–Crippen LogP) is 7.29. The van der Waals surface area contributed by atoms with Gasteiger partial charge in [-0.3, -0.25) is 4.79 Å². The maximum Gasteiger partial charge on any atom is 0.272 e. The summed E-state index contributed by atoms with van der Waals surface area (Å²) in [7, 11) is 4.67. The van der Waals surface area contributed by atoms with E-state index >= 15 is 0 Å². The van der Waals surface area contributed by atoms with Crippen molar-refractivity contribution in [2.24, 2.45) is 5.10 Å². The molecule has 0 saturated heterocycles. The lowest BCUT2D eigenvalue weighted by molar-refractivity contribution is 0.0956. The van der Waals surface area contributed by atoms with E-state index in [2.05, 4.69) is 34.0 Å². The lowest BCUT2D eigenvalue weighted by atomic mass is 10.0. The first-order chi connectivity index (χ1) is 20.5. The van der Waals surface area contributed by atoms with Crippen molar-refractivity contribution in [1.29, 1.82) is 0 Å². The lowest BCUT2D eigenvalue weighted by Gasteiger charge is -2.21. The topological polar surface area (TPSA) is 94.1 Å². The van der Waals surface area contributed by atoms with Crippen LogP contribution in [0.3, 0.4) is 0 Å². The fourth-order valence-electron chi connectivity index (χ4n) is 4.86. The average molecular weight is 577 g/mol.